The number of aryl methyl sites for hydroxylation is 2. The number of hydrogen-bond donors (Lipinski definition) is 1. The molecular formula is C12H15BrN4. The Kier molecular flexibility index (Phi) is 3.91. The molecule has 0 aliphatic carbocycles. The number of hydrogen-bond acceptors (Lipinski definition) is 3. The average Bonchev–Trinajstić information content (AvgIpc) is 2.72. The van der Waals surface area contributed by atoms with Gasteiger partial charge in [0.1, 0.15) is 0 Å². The van der Waals surface area contributed by atoms with Crippen LogP contribution in [-0.4, -0.2) is 14.8 Å². The second kappa shape index (κ2) is 5.42. The van der Waals surface area contributed by atoms with E-state index in [0.717, 1.165) is 22.9 Å². The highest BCUT2D eigenvalue weighted by molar-refractivity contribution is 9.10. The molecule has 90 valence electrons. The molecule has 0 aliphatic heterocycles. The third kappa shape index (κ3) is 3.14. The predicted octanol–water partition coefficient (Wildman–Crippen LogP) is 2.21. The molecule has 0 amide bonds. The molecule has 5 heteroatoms. The first-order valence-corrected chi connectivity index (χ1v) is 6.29. The van der Waals surface area contributed by atoms with Crippen LogP contribution in [0.4, 0.5) is 0 Å². The van der Waals surface area contributed by atoms with Gasteiger partial charge in [0, 0.05) is 41.8 Å². The summed E-state index contributed by atoms with van der Waals surface area (Å²) >= 11 is 3.40. The third-order valence-electron chi connectivity index (χ3n) is 2.79. The number of rotatable bonds is 4. The number of nitrogens with two attached hydrogens (primary N) is 1. The molecule has 1 unspecified atom stereocenters. The molecule has 2 heterocycles. The molecular weight excluding hydrogens is 280 g/mol. The molecule has 4 nitrogen and oxygen atoms in total. The van der Waals surface area contributed by atoms with Gasteiger partial charge in [0.05, 0.1) is 0 Å². The van der Waals surface area contributed by atoms with Crippen LogP contribution in [-0.2, 0) is 13.5 Å². The maximum Gasteiger partial charge on any atom is 0.0492 e. The molecule has 2 rings (SSSR count). The molecule has 0 aromatic carbocycles. The van der Waals surface area contributed by atoms with E-state index in [2.05, 4.69) is 26.0 Å². The van der Waals surface area contributed by atoms with Gasteiger partial charge in [-0.05, 0) is 46.5 Å². The van der Waals surface area contributed by atoms with E-state index in [9.17, 15) is 0 Å². The van der Waals surface area contributed by atoms with Crippen molar-refractivity contribution in [1.82, 2.24) is 14.8 Å². The topological polar surface area (TPSA) is 56.7 Å². The maximum atomic E-state index is 6.14. The molecule has 0 aliphatic rings. The van der Waals surface area contributed by atoms with Gasteiger partial charge >= 0.3 is 0 Å². The second-order valence-corrected chi connectivity index (χ2v) is 4.94. The van der Waals surface area contributed by atoms with E-state index in [1.165, 1.54) is 5.69 Å². The standard InChI is InChI=1S/C12H15BrN4/c1-17-11(4-5-16-17)2-3-12(14)9-6-10(13)8-15-7-9/h4-8,12H,2-3,14H2,1H3. The van der Waals surface area contributed by atoms with Crippen LogP contribution in [0.5, 0.6) is 0 Å². The number of nitrogens with zero attached hydrogens (tertiary/aromatic N) is 3. The minimum atomic E-state index is 0.00917. The lowest BCUT2D eigenvalue weighted by atomic mass is 10.0. The van der Waals surface area contributed by atoms with Crippen molar-refractivity contribution in [3.05, 3.63) is 46.5 Å². The highest BCUT2D eigenvalue weighted by Gasteiger charge is 2.08. The van der Waals surface area contributed by atoms with Crippen molar-refractivity contribution in [3.63, 3.8) is 0 Å². The van der Waals surface area contributed by atoms with Crippen molar-refractivity contribution in [2.24, 2.45) is 12.8 Å². The molecule has 0 spiro atoms. The highest BCUT2D eigenvalue weighted by atomic mass is 79.9. The molecule has 0 fully saturated rings. The quantitative estimate of drug-likeness (QED) is 0.941. The van der Waals surface area contributed by atoms with Crippen LogP contribution in [0.3, 0.4) is 0 Å². The van der Waals surface area contributed by atoms with Gasteiger partial charge in [0.15, 0.2) is 0 Å². The summed E-state index contributed by atoms with van der Waals surface area (Å²) in [5, 5.41) is 4.14. The van der Waals surface area contributed by atoms with E-state index in [1.54, 1.807) is 6.20 Å². The summed E-state index contributed by atoms with van der Waals surface area (Å²) < 4.78 is 2.84. The van der Waals surface area contributed by atoms with Crippen LogP contribution >= 0.6 is 15.9 Å². The molecule has 0 saturated heterocycles. The third-order valence-corrected chi connectivity index (χ3v) is 3.22. The Morgan fingerprint density at radius 3 is 2.94 bits per heavy atom. The average molecular weight is 295 g/mol. The van der Waals surface area contributed by atoms with Gasteiger partial charge in [-0.2, -0.15) is 5.10 Å². The SMILES string of the molecule is Cn1nccc1CCC(N)c1cncc(Br)c1. The Balaban J connectivity index is 1.98. The van der Waals surface area contributed by atoms with Crippen molar-refractivity contribution >= 4 is 15.9 Å². The summed E-state index contributed by atoms with van der Waals surface area (Å²) in [5.41, 5.74) is 8.39. The van der Waals surface area contributed by atoms with Crippen LogP contribution in [0.25, 0.3) is 0 Å². The first-order chi connectivity index (χ1) is 8.16. The van der Waals surface area contributed by atoms with Crippen LogP contribution in [0.2, 0.25) is 0 Å². The van der Waals surface area contributed by atoms with Gasteiger partial charge in [0.2, 0.25) is 0 Å². The van der Waals surface area contributed by atoms with Crippen LogP contribution in [0.15, 0.2) is 35.2 Å². The van der Waals surface area contributed by atoms with Crippen molar-refractivity contribution in [3.8, 4) is 0 Å². The van der Waals surface area contributed by atoms with Gasteiger partial charge in [-0.1, -0.05) is 0 Å². The molecule has 17 heavy (non-hydrogen) atoms. The minimum Gasteiger partial charge on any atom is -0.324 e. The van der Waals surface area contributed by atoms with E-state index in [1.807, 2.05) is 36.3 Å². The molecule has 2 N–H and O–H groups in total. The lowest BCUT2D eigenvalue weighted by molar-refractivity contribution is 0.612. The largest absolute Gasteiger partial charge is 0.324 e. The van der Waals surface area contributed by atoms with Gasteiger partial charge in [-0.15, -0.1) is 0 Å². The molecule has 2 aromatic heterocycles. The predicted molar refractivity (Wildman–Crippen MR) is 70.4 cm³/mol. The van der Waals surface area contributed by atoms with Crippen LogP contribution in [0.1, 0.15) is 23.7 Å². The second-order valence-electron chi connectivity index (χ2n) is 4.03. The number of aromatic nitrogens is 3. The van der Waals surface area contributed by atoms with E-state index in [4.69, 9.17) is 5.73 Å². The zero-order valence-electron chi connectivity index (χ0n) is 9.68. The fourth-order valence-electron chi connectivity index (χ4n) is 1.75. The van der Waals surface area contributed by atoms with E-state index in [0.29, 0.717) is 0 Å². The minimum absolute atomic E-state index is 0.00917. The van der Waals surface area contributed by atoms with Crippen molar-refractivity contribution in [2.75, 3.05) is 0 Å². The number of halogens is 1. The fraction of sp³-hybridized carbons (Fsp3) is 0.333. The fourth-order valence-corrected chi connectivity index (χ4v) is 2.13. The van der Waals surface area contributed by atoms with Crippen molar-refractivity contribution < 1.29 is 0 Å². The Labute approximate surface area is 109 Å². The summed E-state index contributed by atoms with van der Waals surface area (Å²) in [5.74, 6) is 0. The Morgan fingerprint density at radius 1 is 1.47 bits per heavy atom. The molecule has 2 aromatic rings. The zero-order valence-corrected chi connectivity index (χ0v) is 11.3. The summed E-state index contributed by atoms with van der Waals surface area (Å²) in [6.45, 7) is 0. The van der Waals surface area contributed by atoms with E-state index in [-0.39, 0.29) is 6.04 Å². The summed E-state index contributed by atoms with van der Waals surface area (Å²) in [7, 11) is 1.95. The molecule has 0 radical (unpaired) electrons. The van der Waals surface area contributed by atoms with E-state index < -0.39 is 0 Å². The van der Waals surface area contributed by atoms with E-state index >= 15 is 0 Å². The highest BCUT2D eigenvalue weighted by Crippen LogP contribution is 2.19. The first-order valence-electron chi connectivity index (χ1n) is 5.49. The van der Waals surface area contributed by atoms with Crippen molar-refractivity contribution in [1.29, 1.82) is 0 Å². The Hall–Kier alpha value is -1.20. The summed E-state index contributed by atoms with van der Waals surface area (Å²) in [6, 6.07) is 4.04. The number of pyridine rings is 1. The lowest BCUT2D eigenvalue weighted by Crippen LogP contribution is -2.12. The van der Waals surface area contributed by atoms with Gasteiger partial charge in [0.25, 0.3) is 0 Å². The van der Waals surface area contributed by atoms with Crippen LogP contribution < -0.4 is 5.73 Å². The lowest BCUT2D eigenvalue weighted by Gasteiger charge is -2.11. The van der Waals surface area contributed by atoms with Gasteiger partial charge < -0.3 is 5.73 Å². The summed E-state index contributed by atoms with van der Waals surface area (Å²) in [6.07, 6.45) is 7.19. The van der Waals surface area contributed by atoms with Gasteiger partial charge in [-0.3, -0.25) is 9.67 Å². The monoisotopic (exact) mass is 294 g/mol. The Bertz CT molecular complexity index is 495. The Morgan fingerprint density at radius 2 is 2.29 bits per heavy atom. The molecule has 0 saturated carbocycles. The molecule has 1 atom stereocenters. The normalized spacial score (nSPS) is 12.6. The summed E-state index contributed by atoms with van der Waals surface area (Å²) in [4.78, 5) is 4.12. The maximum absolute atomic E-state index is 6.14. The first kappa shape index (κ1) is 12.3. The smallest absolute Gasteiger partial charge is 0.0492 e. The van der Waals surface area contributed by atoms with Gasteiger partial charge in [-0.25, -0.2) is 0 Å². The zero-order chi connectivity index (χ0) is 12.3. The van der Waals surface area contributed by atoms with Crippen LogP contribution in [0, 0.1) is 0 Å². The molecule has 0 bridgehead atoms. The van der Waals surface area contributed by atoms with Crippen molar-refractivity contribution in [2.45, 2.75) is 18.9 Å².